The van der Waals surface area contributed by atoms with Crippen LogP contribution in [0.1, 0.15) is 0 Å². The molecule has 12 heteroatoms. The highest BCUT2D eigenvalue weighted by Crippen LogP contribution is 2.46. The third-order valence-electron chi connectivity index (χ3n) is 22.9. The molecule has 108 heavy (non-hydrogen) atoms. The molecule has 8 aliphatic heterocycles. The van der Waals surface area contributed by atoms with Crippen molar-refractivity contribution in [1.29, 1.82) is 0 Å². The zero-order valence-electron chi connectivity index (χ0n) is 58.3. The molecule has 16 aromatic rings. The molecule has 0 unspecified atom stereocenters. The van der Waals surface area contributed by atoms with Crippen molar-refractivity contribution in [2.24, 2.45) is 0 Å². The largest absolute Gasteiger partial charge is 0.312 e. The van der Waals surface area contributed by atoms with Crippen molar-refractivity contribution < 1.29 is 4.39 Å². The highest BCUT2D eigenvalue weighted by molar-refractivity contribution is 9.10. The van der Waals surface area contributed by atoms with Gasteiger partial charge in [0.2, 0.25) is 26.9 Å². The third-order valence-corrected chi connectivity index (χ3v) is 24.0. The Morgan fingerprint density at radius 1 is 0.222 bits per heavy atom. The Labute approximate surface area is 647 Å². The first-order valence-corrected chi connectivity index (χ1v) is 38.3. The Hall–Kier alpha value is -12.0. The van der Waals surface area contributed by atoms with Gasteiger partial charge in [0, 0.05) is 82.8 Å². The van der Waals surface area contributed by atoms with Crippen LogP contribution in [0.3, 0.4) is 0 Å². The van der Waals surface area contributed by atoms with E-state index < -0.39 is 0 Å². The van der Waals surface area contributed by atoms with Gasteiger partial charge in [-0.05, 0) is 233 Å². The maximum Gasteiger partial charge on any atom is 0.250 e. The van der Waals surface area contributed by atoms with E-state index in [9.17, 15) is 4.39 Å². The summed E-state index contributed by atoms with van der Waals surface area (Å²) in [5.41, 5.74) is 40.5. The number of benzene rings is 16. The first-order valence-electron chi connectivity index (χ1n) is 36.8. The number of para-hydroxylation sites is 8. The van der Waals surface area contributed by atoms with Gasteiger partial charge in [0.05, 0.1) is 0 Å². The molecule has 8 aliphatic rings. The maximum atomic E-state index is 14.0. The normalized spacial score (nSPS) is 13.2. The number of rotatable bonds is 4. The Kier molecular flexibility index (Phi) is 15.4. The summed E-state index contributed by atoms with van der Waals surface area (Å²) in [6, 6.07) is 128. The van der Waals surface area contributed by atoms with E-state index in [1.54, 1.807) is 12.1 Å². The lowest BCUT2D eigenvalue weighted by Crippen LogP contribution is -2.54. The monoisotopic (exact) mass is 1480 g/mol. The SMILES string of the molecule is Brc1ccc2c(c1)-c1cccc3c1B2c1ccccc1N3c1ccccc1.Clc1ccc2c(c1)-c1cccc3c1B2c1ccccc1N3c1ccccc1.Clc1cccc2c1B1c3ccccc3N(c3ccccc3)c3cccc-2c31.Fc1ccc2c(c1)-c1cccc3c1B2c1ccccc1N3c1ccccc1. The van der Waals surface area contributed by atoms with Crippen LogP contribution < -0.4 is 85.2 Å². The summed E-state index contributed by atoms with van der Waals surface area (Å²) in [6.45, 7) is 0.911. The van der Waals surface area contributed by atoms with E-state index in [0.717, 1.165) is 31.3 Å². The second kappa shape index (κ2) is 25.9. The molecule has 4 nitrogen and oxygen atoms in total. The minimum atomic E-state index is -0.182. The van der Waals surface area contributed by atoms with Crippen LogP contribution in [0.25, 0.3) is 44.5 Å². The topological polar surface area (TPSA) is 13.0 Å². The lowest BCUT2D eigenvalue weighted by molar-refractivity contribution is 0.629. The van der Waals surface area contributed by atoms with Crippen molar-refractivity contribution in [2.45, 2.75) is 0 Å². The molecule has 0 fully saturated rings. The van der Waals surface area contributed by atoms with Crippen LogP contribution in [-0.2, 0) is 0 Å². The summed E-state index contributed by atoms with van der Waals surface area (Å²) in [6.07, 6.45) is 0. The predicted molar refractivity (Wildman–Crippen MR) is 463 cm³/mol. The standard InChI is InChI=1S/C24H15BBrN.2C24H15BClN.C24H15BFN/c26-16-13-14-20-19(15-16)18-9-6-12-23-24(18)25(20)21-10-4-5-11-22(21)27(23)17-7-2-1-3-8-17;26-20-13-6-10-17-18-11-7-15-22-24(18)25(23(17)20)19-12-4-5-14-21(19)27(22)16-8-2-1-3-9-16;2*26-16-13-14-20-19(15-16)18-9-6-12-23-24(18)25(20)21-10-4-5-11-22(21)27(23)17-7-2-1-3-8-17/h4*1-15H. The summed E-state index contributed by atoms with van der Waals surface area (Å²) in [5.74, 6) is -0.182. The van der Waals surface area contributed by atoms with Crippen molar-refractivity contribution in [3.05, 3.63) is 384 Å². The van der Waals surface area contributed by atoms with Gasteiger partial charge in [-0.3, -0.25) is 0 Å². The maximum absolute atomic E-state index is 14.0. The van der Waals surface area contributed by atoms with E-state index in [-0.39, 0.29) is 26.0 Å². The molecule has 24 rings (SSSR count). The number of hydrogen-bond donors (Lipinski definition) is 0. The summed E-state index contributed by atoms with van der Waals surface area (Å²) < 4.78 is 15.2. The Morgan fingerprint density at radius 2 is 0.509 bits per heavy atom. The lowest BCUT2D eigenvalue weighted by atomic mass is 9.37. The van der Waals surface area contributed by atoms with Crippen LogP contribution in [0.5, 0.6) is 0 Å². The quantitative estimate of drug-likeness (QED) is 0.163. The first-order chi connectivity index (χ1) is 53.3. The van der Waals surface area contributed by atoms with Gasteiger partial charge in [0.25, 0.3) is 0 Å². The number of hydrogen-bond acceptors (Lipinski definition) is 4. The second-order valence-electron chi connectivity index (χ2n) is 28.5. The van der Waals surface area contributed by atoms with Gasteiger partial charge in [0.1, 0.15) is 5.82 Å². The molecule has 0 atom stereocenters. The molecule has 0 aliphatic carbocycles. The number of fused-ring (bicyclic) bond motifs is 20. The summed E-state index contributed by atoms with van der Waals surface area (Å²) in [4.78, 5) is 9.50. The molecule has 16 aromatic carbocycles. The summed E-state index contributed by atoms with van der Waals surface area (Å²) >= 11 is 16.7. The van der Waals surface area contributed by atoms with Crippen LogP contribution in [0.2, 0.25) is 10.0 Å². The van der Waals surface area contributed by atoms with Crippen molar-refractivity contribution in [3.63, 3.8) is 0 Å². The highest BCUT2D eigenvalue weighted by Gasteiger charge is 2.47. The van der Waals surface area contributed by atoms with E-state index in [1.165, 1.54) is 161 Å². The van der Waals surface area contributed by atoms with E-state index in [4.69, 9.17) is 23.2 Å². The highest BCUT2D eigenvalue weighted by atomic mass is 79.9. The van der Waals surface area contributed by atoms with Crippen molar-refractivity contribution in [3.8, 4) is 44.5 Å². The Bertz CT molecular complexity index is 5880. The molecule has 0 saturated heterocycles. The van der Waals surface area contributed by atoms with Crippen molar-refractivity contribution in [1.82, 2.24) is 0 Å². The smallest absolute Gasteiger partial charge is 0.250 e. The molecule has 0 bridgehead atoms. The number of nitrogens with zero attached hydrogens (tertiary/aromatic N) is 4. The minimum absolute atomic E-state index is 0.156. The average Bonchev–Trinajstić information content (AvgIpc) is 1.55. The molecule has 8 heterocycles. The van der Waals surface area contributed by atoms with Gasteiger partial charge in [0.15, 0.2) is 0 Å². The minimum Gasteiger partial charge on any atom is -0.312 e. The van der Waals surface area contributed by atoms with Crippen LogP contribution in [-0.4, -0.2) is 26.9 Å². The molecule has 0 radical (unpaired) electrons. The van der Waals surface area contributed by atoms with E-state index in [2.05, 4.69) is 363 Å². The van der Waals surface area contributed by atoms with Crippen LogP contribution in [0.4, 0.5) is 72.6 Å². The van der Waals surface area contributed by atoms with E-state index >= 15 is 0 Å². The average molecular weight is 1480 g/mol. The van der Waals surface area contributed by atoms with Crippen LogP contribution in [0.15, 0.2) is 368 Å². The molecule has 0 saturated carbocycles. The van der Waals surface area contributed by atoms with E-state index in [0.29, 0.717) is 6.71 Å². The predicted octanol–water partition coefficient (Wildman–Crippen LogP) is 18.1. The van der Waals surface area contributed by atoms with Crippen LogP contribution >= 0.6 is 39.1 Å². The van der Waals surface area contributed by atoms with Gasteiger partial charge in [-0.15, -0.1) is 0 Å². The van der Waals surface area contributed by atoms with Gasteiger partial charge in [-0.1, -0.05) is 280 Å². The Balaban J connectivity index is 0.0000000919. The fourth-order valence-corrected chi connectivity index (χ4v) is 19.6. The zero-order chi connectivity index (χ0) is 71.8. The first kappa shape index (κ1) is 64.4. The van der Waals surface area contributed by atoms with Gasteiger partial charge in [-0.25, -0.2) is 4.39 Å². The van der Waals surface area contributed by atoms with Gasteiger partial charge in [-0.2, -0.15) is 0 Å². The zero-order valence-corrected chi connectivity index (χ0v) is 61.3. The van der Waals surface area contributed by atoms with Gasteiger partial charge >= 0.3 is 0 Å². The van der Waals surface area contributed by atoms with Crippen molar-refractivity contribution in [2.75, 3.05) is 19.6 Å². The van der Waals surface area contributed by atoms with E-state index in [1.807, 2.05) is 24.3 Å². The number of anilines is 12. The fraction of sp³-hybridized carbons (Fsp3) is 0. The van der Waals surface area contributed by atoms with Crippen molar-refractivity contribution >= 4 is 200 Å². The molecule has 0 spiro atoms. The molecule has 0 amide bonds. The van der Waals surface area contributed by atoms with Gasteiger partial charge < -0.3 is 19.6 Å². The summed E-state index contributed by atoms with van der Waals surface area (Å²) in [7, 11) is 0. The Morgan fingerprint density at radius 3 is 0.907 bits per heavy atom. The number of halogens is 4. The van der Waals surface area contributed by atoms with Crippen LogP contribution in [0, 0.1) is 5.82 Å². The lowest BCUT2D eigenvalue weighted by Gasteiger charge is -2.35. The fourth-order valence-electron chi connectivity index (χ4n) is 18.8. The molecular formula is C96H60B4BrCl2FN4. The summed E-state index contributed by atoms with van der Waals surface area (Å²) in [5, 5.41) is 1.64. The molecular weight excluding hydrogens is 1420 g/mol. The third kappa shape index (κ3) is 10.0. The second-order valence-corrected chi connectivity index (χ2v) is 30.3. The molecule has 0 N–H and O–H groups in total. The molecule has 0 aromatic heterocycles. The molecule has 504 valence electrons.